The quantitative estimate of drug-likeness (QED) is 0.500. The molecule has 0 aliphatic rings. The lowest BCUT2D eigenvalue weighted by Gasteiger charge is -2.10. The van der Waals surface area contributed by atoms with Crippen molar-refractivity contribution in [2.45, 2.75) is 11.8 Å². The van der Waals surface area contributed by atoms with Crippen LogP contribution in [0.3, 0.4) is 0 Å². The third kappa shape index (κ3) is 2.92. The van der Waals surface area contributed by atoms with Gasteiger partial charge in [-0.1, -0.05) is 50.1 Å². The van der Waals surface area contributed by atoms with Gasteiger partial charge in [-0.3, -0.25) is 0 Å². The van der Waals surface area contributed by atoms with E-state index in [0.717, 1.165) is 25.6 Å². The number of oxazole rings is 1. The molecular weight excluding hydrogens is 405 g/mol. The van der Waals surface area contributed by atoms with Gasteiger partial charge in [-0.25, -0.2) is 4.98 Å². The number of hydrogen-bond acceptors (Lipinski definition) is 2. The second-order valence-electron chi connectivity index (χ2n) is 4.41. The molecule has 0 bridgehead atoms. The Morgan fingerprint density at radius 3 is 2.70 bits per heavy atom. The maximum Gasteiger partial charge on any atom is 0.197 e. The fraction of sp³-hybridized carbons (Fsp3) is 0.133. The third-order valence-electron chi connectivity index (χ3n) is 2.99. The standard InChI is InChI=1S/C15H10Br2ClNO/c16-9-5-6-10(11(17)7-9)12(18)8-15-19-13-3-1-2-4-14(13)20-15/h1-7,12H,8H2. The molecule has 0 saturated heterocycles. The van der Waals surface area contributed by atoms with Crippen molar-refractivity contribution >= 4 is 54.6 Å². The average Bonchev–Trinajstić information content (AvgIpc) is 2.80. The second-order valence-corrected chi connectivity index (χ2v) is 6.71. The molecule has 1 atom stereocenters. The topological polar surface area (TPSA) is 26.0 Å². The molecule has 0 radical (unpaired) electrons. The van der Waals surface area contributed by atoms with E-state index in [-0.39, 0.29) is 5.38 Å². The van der Waals surface area contributed by atoms with Crippen LogP contribution >= 0.6 is 43.5 Å². The van der Waals surface area contributed by atoms with Crippen molar-refractivity contribution in [3.05, 3.63) is 62.9 Å². The number of aromatic nitrogens is 1. The first-order valence-corrected chi connectivity index (χ1v) is 8.09. The Morgan fingerprint density at radius 2 is 1.95 bits per heavy atom. The maximum absolute atomic E-state index is 6.48. The van der Waals surface area contributed by atoms with Gasteiger partial charge in [0, 0.05) is 15.4 Å². The summed E-state index contributed by atoms with van der Waals surface area (Å²) in [5.74, 6) is 0.654. The van der Waals surface area contributed by atoms with E-state index in [0.29, 0.717) is 12.3 Å². The van der Waals surface area contributed by atoms with E-state index in [1.165, 1.54) is 0 Å². The summed E-state index contributed by atoms with van der Waals surface area (Å²) in [6.45, 7) is 0. The van der Waals surface area contributed by atoms with Crippen molar-refractivity contribution in [1.82, 2.24) is 4.98 Å². The Hall–Kier alpha value is -0.840. The fourth-order valence-electron chi connectivity index (χ4n) is 2.03. The Kier molecular flexibility index (Phi) is 4.15. The van der Waals surface area contributed by atoms with Crippen LogP contribution in [-0.2, 0) is 6.42 Å². The fourth-order valence-corrected chi connectivity index (χ4v) is 3.80. The molecule has 3 rings (SSSR count). The molecule has 3 aromatic rings. The van der Waals surface area contributed by atoms with Crippen molar-refractivity contribution in [3.63, 3.8) is 0 Å². The normalized spacial score (nSPS) is 12.8. The summed E-state index contributed by atoms with van der Waals surface area (Å²) < 4.78 is 7.69. The number of alkyl halides is 1. The molecule has 5 heteroatoms. The van der Waals surface area contributed by atoms with E-state index in [9.17, 15) is 0 Å². The van der Waals surface area contributed by atoms with E-state index >= 15 is 0 Å². The number of nitrogens with zero attached hydrogens (tertiary/aromatic N) is 1. The van der Waals surface area contributed by atoms with Gasteiger partial charge >= 0.3 is 0 Å². The van der Waals surface area contributed by atoms with Crippen LogP contribution in [0.5, 0.6) is 0 Å². The summed E-state index contributed by atoms with van der Waals surface area (Å²) in [6.07, 6.45) is 0.552. The molecule has 0 fully saturated rings. The van der Waals surface area contributed by atoms with E-state index in [2.05, 4.69) is 36.8 Å². The number of benzene rings is 2. The third-order valence-corrected chi connectivity index (χ3v) is 4.56. The highest BCUT2D eigenvalue weighted by Gasteiger charge is 2.16. The van der Waals surface area contributed by atoms with Gasteiger partial charge in [0.25, 0.3) is 0 Å². The predicted octanol–water partition coefficient (Wildman–Crippen LogP) is 5.88. The lowest BCUT2D eigenvalue weighted by atomic mass is 10.1. The molecule has 0 aliphatic carbocycles. The Morgan fingerprint density at radius 1 is 1.15 bits per heavy atom. The van der Waals surface area contributed by atoms with E-state index in [4.69, 9.17) is 16.0 Å². The van der Waals surface area contributed by atoms with Gasteiger partial charge < -0.3 is 4.42 Å². The second kappa shape index (κ2) is 5.88. The molecule has 2 nitrogen and oxygen atoms in total. The van der Waals surface area contributed by atoms with Crippen LogP contribution in [-0.4, -0.2) is 4.98 Å². The lowest BCUT2D eigenvalue weighted by molar-refractivity contribution is 0.525. The van der Waals surface area contributed by atoms with Crippen LogP contribution in [0.1, 0.15) is 16.8 Å². The van der Waals surface area contributed by atoms with Gasteiger partial charge in [-0.05, 0) is 29.8 Å². The molecule has 1 aromatic heterocycles. The number of fused-ring (bicyclic) bond motifs is 1. The summed E-state index contributed by atoms with van der Waals surface area (Å²) in [4.78, 5) is 4.45. The Bertz CT molecular complexity index is 723. The van der Waals surface area contributed by atoms with Gasteiger partial charge in [0.1, 0.15) is 5.52 Å². The Balaban J connectivity index is 1.86. The minimum atomic E-state index is -0.189. The largest absolute Gasteiger partial charge is 0.441 e. The van der Waals surface area contributed by atoms with Crippen LogP contribution in [0.4, 0.5) is 0 Å². The van der Waals surface area contributed by atoms with E-state index < -0.39 is 0 Å². The summed E-state index contributed by atoms with van der Waals surface area (Å²) in [5.41, 5.74) is 2.68. The van der Waals surface area contributed by atoms with Gasteiger partial charge in [-0.2, -0.15) is 0 Å². The molecule has 0 amide bonds. The molecule has 0 N–H and O–H groups in total. The zero-order valence-corrected chi connectivity index (χ0v) is 14.2. The monoisotopic (exact) mass is 413 g/mol. The van der Waals surface area contributed by atoms with Crippen LogP contribution in [0.2, 0.25) is 0 Å². The highest BCUT2D eigenvalue weighted by molar-refractivity contribution is 9.11. The van der Waals surface area contributed by atoms with Crippen molar-refractivity contribution in [1.29, 1.82) is 0 Å². The smallest absolute Gasteiger partial charge is 0.197 e. The molecule has 0 spiro atoms. The highest BCUT2D eigenvalue weighted by atomic mass is 79.9. The van der Waals surface area contributed by atoms with Crippen molar-refractivity contribution in [2.24, 2.45) is 0 Å². The van der Waals surface area contributed by atoms with Gasteiger partial charge in [-0.15, -0.1) is 11.6 Å². The molecule has 102 valence electrons. The van der Waals surface area contributed by atoms with Crippen LogP contribution in [0.25, 0.3) is 11.1 Å². The molecule has 1 unspecified atom stereocenters. The summed E-state index contributed by atoms with van der Waals surface area (Å²) in [7, 11) is 0. The predicted molar refractivity (Wildman–Crippen MR) is 88.1 cm³/mol. The SMILES string of the molecule is ClC(Cc1nc2ccccc2o1)c1ccc(Br)cc1Br. The zero-order valence-electron chi connectivity index (χ0n) is 10.3. The first kappa shape index (κ1) is 14.1. The van der Waals surface area contributed by atoms with Gasteiger partial charge in [0.05, 0.1) is 5.38 Å². The summed E-state index contributed by atoms with van der Waals surface area (Å²) in [6, 6.07) is 13.7. The molecule has 2 aromatic carbocycles. The first-order valence-electron chi connectivity index (χ1n) is 6.07. The molecule has 20 heavy (non-hydrogen) atoms. The molecule has 0 saturated carbocycles. The zero-order chi connectivity index (χ0) is 14.1. The molecule has 0 aliphatic heterocycles. The number of para-hydroxylation sites is 2. The van der Waals surface area contributed by atoms with Crippen LogP contribution in [0, 0.1) is 0 Å². The van der Waals surface area contributed by atoms with E-state index in [1.807, 2.05) is 42.5 Å². The van der Waals surface area contributed by atoms with Crippen molar-refractivity contribution < 1.29 is 4.42 Å². The lowest BCUT2D eigenvalue weighted by Crippen LogP contribution is -1.97. The number of rotatable bonds is 3. The van der Waals surface area contributed by atoms with Crippen LogP contribution in [0.15, 0.2) is 55.8 Å². The van der Waals surface area contributed by atoms with Gasteiger partial charge in [0.2, 0.25) is 0 Å². The van der Waals surface area contributed by atoms with Crippen LogP contribution < -0.4 is 0 Å². The Labute approximate surface area is 138 Å². The average molecular weight is 416 g/mol. The minimum absolute atomic E-state index is 0.189. The summed E-state index contributed by atoms with van der Waals surface area (Å²) in [5, 5.41) is -0.189. The van der Waals surface area contributed by atoms with E-state index in [1.54, 1.807) is 0 Å². The molecule has 1 heterocycles. The number of hydrogen-bond donors (Lipinski definition) is 0. The first-order chi connectivity index (χ1) is 9.63. The highest BCUT2D eigenvalue weighted by Crippen LogP contribution is 2.33. The maximum atomic E-state index is 6.48. The van der Waals surface area contributed by atoms with Gasteiger partial charge in [0.15, 0.2) is 11.5 Å². The number of halogens is 3. The molecular formula is C15H10Br2ClNO. The van der Waals surface area contributed by atoms with Crippen molar-refractivity contribution in [3.8, 4) is 0 Å². The minimum Gasteiger partial charge on any atom is -0.441 e. The summed E-state index contributed by atoms with van der Waals surface area (Å²) >= 11 is 13.4. The van der Waals surface area contributed by atoms with Crippen molar-refractivity contribution in [2.75, 3.05) is 0 Å².